The van der Waals surface area contributed by atoms with Crippen LogP contribution in [0.5, 0.6) is 5.75 Å². The zero-order valence-electron chi connectivity index (χ0n) is 11.7. The van der Waals surface area contributed by atoms with Gasteiger partial charge in [-0.1, -0.05) is 18.2 Å². The summed E-state index contributed by atoms with van der Waals surface area (Å²) in [5.74, 6) is 0.760. The molecule has 1 aromatic heterocycles. The lowest BCUT2D eigenvalue weighted by Crippen LogP contribution is -2.19. The van der Waals surface area contributed by atoms with Gasteiger partial charge in [-0.3, -0.25) is 4.68 Å². The number of methoxy groups -OCH3 is 1. The molecule has 112 valence electrons. The molecule has 1 aromatic carbocycles. The zero-order valence-corrected chi connectivity index (χ0v) is 13.3. The van der Waals surface area contributed by atoms with E-state index in [0.717, 1.165) is 21.5 Å². The fourth-order valence-corrected chi connectivity index (χ4v) is 3.19. The fraction of sp³-hybridized carbons (Fsp3) is 0.400. The maximum Gasteiger partial charge on any atom is 0.123 e. The van der Waals surface area contributed by atoms with E-state index in [9.17, 15) is 5.11 Å². The van der Waals surface area contributed by atoms with Gasteiger partial charge in [0.2, 0.25) is 0 Å². The molecular weight excluding hydrogens is 336 g/mol. The molecule has 0 radical (unpaired) electrons. The molecule has 0 fully saturated rings. The second kappa shape index (κ2) is 6.17. The van der Waals surface area contributed by atoms with E-state index < -0.39 is 6.10 Å². The van der Waals surface area contributed by atoms with E-state index in [1.807, 2.05) is 24.3 Å². The number of hydrogen-bond acceptors (Lipinski definition) is 4. The minimum atomic E-state index is -0.678. The van der Waals surface area contributed by atoms with Gasteiger partial charge in [-0.2, -0.15) is 5.10 Å². The first-order valence-electron chi connectivity index (χ1n) is 6.82. The highest BCUT2D eigenvalue weighted by Gasteiger charge is 2.34. The highest BCUT2D eigenvalue weighted by atomic mass is 79.9. The summed E-state index contributed by atoms with van der Waals surface area (Å²) >= 11 is 3.47. The Morgan fingerprint density at radius 1 is 1.52 bits per heavy atom. The van der Waals surface area contributed by atoms with Crippen molar-refractivity contribution in [3.05, 3.63) is 46.2 Å². The van der Waals surface area contributed by atoms with Crippen LogP contribution in [-0.2, 0) is 11.3 Å². The van der Waals surface area contributed by atoms with Gasteiger partial charge in [-0.15, -0.1) is 0 Å². The number of nitrogens with zero attached hydrogens (tertiary/aromatic N) is 2. The van der Waals surface area contributed by atoms with Gasteiger partial charge in [0, 0.05) is 12.7 Å². The first-order chi connectivity index (χ1) is 10.2. The number of halogens is 1. The van der Waals surface area contributed by atoms with Crippen molar-refractivity contribution in [2.75, 3.05) is 20.3 Å². The standard InChI is InChI=1S/C15H17BrN2O3/c1-20-7-6-18-14(12(16)8-17-18)15(19)11-9-21-13-5-3-2-4-10(11)13/h2-5,8,11,15,19H,6-7,9H2,1H3. The molecule has 0 saturated carbocycles. The van der Waals surface area contributed by atoms with Gasteiger partial charge < -0.3 is 14.6 Å². The molecule has 21 heavy (non-hydrogen) atoms. The van der Waals surface area contributed by atoms with Crippen molar-refractivity contribution in [1.82, 2.24) is 9.78 Å². The Morgan fingerprint density at radius 3 is 3.14 bits per heavy atom. The van der Waals surface area contributed by atoms with Crippen LogP contribution < -0.4 is 4.74 Å². The van der Waals surface area contributed by atoms with Gasteiger partial charge in [0.25, 0.3) is 0 Å². The lowest BCUT2D eigenvalue weighted by molar-refractivity contribution is 0.116. The fourth-order valence-electron chi connectivity index (χ4n) is 2.66. The van der Waals surface area contributed by atoms with Gasteiger partial charge in [-0.05, 0) is 22.0 Å². The van der Waals surface area contributed by atoms with Crippen LogP contribution in [0, 0.1) is 0 Å². The molecule has 2 unspecified atom stereocenters. The third kappa shape index (κ3) is 2.71. The van der Waals surface area contributed by atoms with Crippen molar-refractivity contribution in [3.8, 4) is 5.75 Å². The summed E-state index contributed by atoms with van der Waals surface area (Å²) < 4.78 is 13.3. The molecule has 0 saturated heterocycles. The lowest BCUT2D eigenvalue weighted by atomic mass is 9.93. The van der Waals surface area contributed by atoms with E-state index in [-0.39, 0.29) is 5.92 Å². The van der Waals surface area contributed by atoms with Gasteiger partial charge in [0.1, 0.15) is 11.9 Å². The summed E-state index contributed by atoms with van der Waals surface area (Å²) in [6, 6.07) is 7.83. The average Bonchev–Trinajstić information content (AvgIpc) is 3.08. The third-order valence-electron chi connectivity index (χ3n) is 3.74. The molecule has 0 aliphatic carbocycles. The molecule has 0 amide bonds. The monoisotopic (exact) mass is 352 g/mol. The molecule has 5 nitrogen and oxygen atoms in total. The van der Waals surface area contributed by atoms with E-state index in [0.29, 0.717) is 19.8 Å². The van der Waals surface area contributed by atoms with Crippen LogP contribution in [0.25, 0.3) is 0 Å². The van der Waals surface area contributed by atoms with Crippen LogP contribution in [-0.4, -0.2) is 35.2 Å². The van der Waals surface area contributed by atoms with Crippen LogP contribution in [0.2, 0.25) is 0 Å². The summed E-state index contributed by atoms with van der Waals surface area (Å²) in [6.07, 6.45) is 1.03. The Bertz CT molecular complexity index is 629. The predicted molar refractivity (Wildman–Crippen MR) is 81.4 cm³/mol. The van der Waals surface area contributed by atoms with Gasteiger partial charge in [-0.25, -0.2) is 0 Å². The summed E-state index contributed by atoms with van der Waals surface area (Å²) in [4.78, 5) is 0. The molecule has 2 heterocycles. The number of ether oxygens (including phenoxy) is 2. The number of rotatable bonds is 5. The van der Waals surface area contributed by atoms with Gasteiger partial charge in [0.05, 0.1) is 42.0 Å². The smallest absolute Gasteiger partial charge is 0.123 e. The summed E-state index contributed by atoms with van der Waals surface area (Å²) in [6.45, 7) is 1.62. The number of aliphatic hydroxyl groups is 1. The lowest BCUT2D eigenvalue weighted by Gasteiger charge is -2.19. The number of benzene rings is 1. The Kier molecular flexibility index (Phi) is 4.28. The Hall–Kier alpha value is -1.37. The molecule has 0 spiro atoms. The van der Waals surface area contributed by atoms with E-state index in [2.05, 4.69) is 21.0 Å². The molecule has 6 heteroatoms. The van der Waals surface area contributed by atoms with Crippen molar-refractivity contribution >= 4 is 15.9 Å². The zero-order chi connectivity index (χ0) is 14.8. The van der Waals surface area contributed by atoms with Crippen molar-refractivity contribution in [2.45, 2.75) is 18.6 Å². The average molecular weight is 353 g/mol. The number of para-hydroxylation sites is 1. The van der Waals surface area contributed by atoms with Crippen LogP contribution in [0.3, 0.4) is 0 Å². The van der Waals surface area contributed by atoms with Crippen molar-refractivity contribution < 1.29 is 14.6 Å². The minimum Gasteiger partial charge on any atom is -0.493 e. The SMILES string of the molecule is COCCn1ncc(Br)c1C(O)C1COc2ccccc21. The largest absolute Gasteiger partial charge is 0.493 e. The first kappa shape index (κ1) is 14.6. The maximum atomic E-state index is 10.8. The Balaban J connectivity index is 1.89. The normalized spacial score (nSPS) is 18.3. The number of hydrogen-bond donors (Lipinski definition) is 1. The summed E-state index contributed by atoms with van der Waals surface area (Å²) in [5.41, 5.74) is 1.80. The Labute approximate surface area is 131 Å². The second-order valence-corrected chi connectivity index (χ2v) is 5.85. The second-order valence-electron chi connectivity index (χ2n) is 4.99. The van der Waals surface area contributed by atoms with E-state index >= 15 is 0 Å². The van der Waals surface area contributed by atoms with Crippen LogP contribution in [0.4, 0.5) is 0 Å². The van der Waals surface area contributed by atoms with E-state index in [4.69, 9.17) is 9.47 Å². The molecule has 1 aliphatic heterocycles. The summed E-state index contributed by atoms with van der Waals surface area (Å²) in [5, 5.41) is 15.1. The first-order valence-corrected chi connectivity index (χ1v) is 7.61. The molecule has 1 N–H and O–H groups in total. The molecule has 2 aromatic rings. The highest BCUT2D eigenvalue weighted by molar-refractivity contribution is 9.10. The van der Waals surface area contributed by atoms with Crippen LogP contribution in [0.1, 0.15) is 23.3 Å². The van der Waals surface area contributed by atoms with Gasteiger partial charge >= 0.3 is 0 Å². The van der Waals surface area contributed by atoms with Crippen molar-refractivity contribution in [2.24, 2.45) is 0 Å². The molecule has 2 atom stereocenters. The Morgan fingerprint density at radius 2 is 2.33 bits per heavy atom. The number of fused-ring (bicyclic) bond motifs is 1. The quantitative estimate of drug-likeness (QED) is 0.898. The maximum absolute atomic E-state index is 10.8. The van der Waals surface area contributed by atoms with Crippen molar-refractivity contribution in [1.29, 1.82) is 0 Å². The molecule has 3 rings (SSSR count). The van der Waals surface area contributed by atoms with E-state index in [1.165, 1.54) is 0 Å². The molecule has 0 bridgehead atoms. The topological polar surface area (TPSA) is 56.5 Å². The summed E-state index contributed by atoms with van der Waals surface area (Å²) in [7, 11) is 1.65. The van der Waals surface area contributed by atoms with Crippen LogP contribution in [0.15, 0.2) is 34.9 Å². The van der Waals surface area contributed by atoms with Gasteiger partial charge in [0.15, 0.2) is 0 Å². The van der Waals surface area contributed by atoms with Crippen LogP contribution >= 0.6 is 15.9 Å². The number of aromatic nitrogens is 2. The van der Waals surface area contributed by atoms with E-state index in [1.54, 1.807) is 18.0 Å². The third-order valence-corrected chi connectivity index (χ3v) is 4.35. The van der Waals surface area contributed by atoms with Crippen molar-refractivity contribution in [3.63, 3.8) is 0 Å². The minimum absolute atomic E-state index is 0.0875. The molecule has 1 aliphatic rings. The highest BCUT2D eigenvalue weighted by Crippen LogP contribution is 2.42. The number of aliphatic hydroxyl groups excluding tert-OH is 1. The molecular formula is C15H17BrN2O3. The predicted octanol–water partition coefficient (Wildman–Crippen LogP) is 2.50.